The molecule has 1 unspecified atom stereocenters. The van der Waals surface area contributed by atoms with Gasteiger partial charge in [0.15, 0.2) is 0 Å². The fraction of sp³-hybridized carbons (Fsp3) is 0.480. The first-order chi connectivity index (χ1) is 14.8. The summed E-state index contributed by atoms with van der Waals surface area (Å²) in [7, 11) is 0. The Morgan fingerprint density at radius 1 is 1.00 bits per heavy atom. The average molecular weight is 440 g/mol. The van der Waals surface area contributed by atoms with Crippen molar-refractivity contribution < 1.29 is 9.59 Å². The quantitative estimate of drug-likeness (QED) is 0.585. The topological polar surface area (TPSA) is 62.3 Å². The molecule has 1 N–H and O–H groups in total. The van der Waals surface area contributed by atoms with Crippen molar-refractivity contribution in [1.82, 2.24) is 15.2 Å². The number of hydrogen-bond donors (Lipinski definition) is 1. The summed E-state index contributed by atoms with van der Waals surface area (Å²) >= 11 is 1.39. The number of pyridine rings is 1. The molecule has 1 aliphatic heterocycles. The Hall–Kier alpha value is -2.34. The molecule has 2 aromatic rings. The van der Waals surface area contributed by atoms with Crippen LogP contribution in [-0.4, -0.2) is 40.5 Å². The van der Waals surface area contributed by atoms with Crippen LogP contribution in [0.15, 0.2) is 47.6 Å². The number of amides is 2. The third-order valence-electron chi connectivity index (χ3n) is 5.67. The van der Waals surface area contributed by atoms with Crippen LogP contribution < -0.4 is 5.32 Å². The maximum atomic E-state index is 12.6. The largest absolute Gasteiger partial charge is 0.348 e. The monoisotopic (exact) mass is 439 g/mol. The maximum absolute atomic E-state index is 12.6. The second kappa shape index (κ2) is 10.8. The number of nitrogens with one attached hydrogen (secondary N) is 1. The van der Waals surface area contributed by atoms with Gasteiger partial charge >= 0.3 is 0 Å². The molecule has 1 aliphatic rings. The molecule has 1 fully saturated rings. The van der Waals surface area contributed by atoms with Gasteiger partial charge in [-0.3, -0.25) is 9.59 Å². The summed E-state index contributed by atoms with van der Waals surface area (Å²) in [6, 6.07) is 12.1. The van der Waals surface area contributed by atoms with E-state index in [4.69, 9.17) is 0 Å². The standard InChI is InChI=1S/C25H33N3O2S/c1-17(2)19-7-9-20(10-8-19)24(18(3)4)27-22(29)16-31-23-12-11-21(15-26-23)25(30)28-13-5-6-14-28/h7-12,15,17-18,24H,5-6,13-14,16H2,1-4H3,(H,27,29). The number of carbonyl (C=O) groups excluding carboxylic acids is 2. The van der Waals surface area contributed by atoms with E-state index in [1.807, 2.05) is 11.0 Å². The van der Waals surface area contributed by atoms with Crippen LogP contribution in [0.5, 0.6) is 0 Å². The maximum Gasteiger partial charge on any atom is 0.255 e. The molecule has 31 heavy (non-hydrogen) atoms. The summed E-state index contributed by atoms with van der Waals surface area (Å²) in [5, 5.41) is 3.92. The third kappa shape index (κ3) is 6.33. The van der Waals surface area contributed by atoms with Crippen molar-refractivity contribution in [2.45, 2.75) is 57.5 Å². The Morgan fingerprint density at radius 2 is 1.65 bits per heavy atom. The molecule has 0 aliphatic carbocycles. The van der Waals surface area contributed by atoms with E-state index in [9.17, 15) is 9.59 Å². The lowest BCUT2D eigenvalue weighted by molar-refractivity contribution is -0.119. The van der Waals surface area contributed by atoms with Gasteiger partial charge in [-0.05, 0) is 47.9 Å². The fourth-order valence-electron chi connectivity index (χ4n) is 3.77. The first-order valence-electron chi connectivity index (χ1n) is 11.1. The lowest BCUT2D eigenvalue weighted by Crippen LogP contribution is -2.33. The predicted molar refractivity (Wildman–Crippen MR) is 126 cm³/mol. The summed E-state index contributed by atoms with van der Waals surface area (Å²) in [4.78, 5) is 31.3. The summed E-state index contributed by atoms with van der Waals surface area (Å²) in [6.07, 6.45) is 3.76. The van der Waals surface area contributed by atoms with Crippen LogP contribution in [0.25, 0.3) is 0 Å². The second-order valence-corrected chi connectivity index (χ2v) is 9.78. The molecule has 1 saturated heterocycles. The molecule has 1 atom stereocenters. The molecular weight excluding hydrogens is 406 g/mol. The summed E-state index contributed by atoms with van der Waals surface area (Å²) < 4.78 is 0. The number of nitrogens with zero attached hydrogens (tertiary/aromatic N) is 2. The van der Waals surface area contributed by atoms with Crippen molar-refractivity contribution in [3.05, 3.63) is 59.3 Å². The highest BCUT2D eigenvalue weighted by Crippen LogP contribution is 2.25. The molecule has 166 valence electrons. The van der Waals surface area contributed by atoms with Crippen LogP contribution in [-0.2, 0) is 4.79 Å². The van der Waals surface area contributed by atoms with Crippen molar-refractivity contribution >= 4 is 23.6 Å². The minimum absolute atomic E-state index is 0.0179. The molecule has 0 spiro atoms. The van der Waals surface area contributed by atoms with Gasteiger partial charge in [0, 0.05) is 19.3 Å². The number of benzene rings is 1. The molecule has 5 nitrogen and oxygen atoms in total. The molecule has 0 radical (unpaired) electrons. The molecule has 2 amide bonds. The van der Waals surface area contributed by atoms with Crippen molar-refractivity contribution in [2.75, 3.05) is 18.8 Å². The van der Waals surface area contributed by atoms with Gasteiger partial charge < -0.3 is 10.2 Å². The second-order valence-electron chi connectivity index (χ2n) is 8.78. The van der Waals surface area contributed by atoms with Crippen LogP contribution in [0.1, 0.15) is 74.0 Å². The zero-order chi connectivity index (χ0) is 22.4. The Bertz CT molecular complexity index is 873. The highest BCUT2D eigenvalue weighted by atomic mass is 32.2. The van der Waals surface area contributed by atoms with E-state index in [2.05, 4.69) is 62.3 Å². The van der Waals surface area contributed by atoms with Gasteiger partial charge in [0.05, 0.1) is 22.4 Å². The van der Waals surface area contributed by atoms with Gasteiger partial charge in [-0.2, -0.15) is 0 Å². The summed E-state index contributed by atoms with van der Waals surface area (Å²) in [5.74, 6) is 1.09. The number of carbonyl (C=O) groups is 2. The van der Waals surface area contributed by atoms with E-state index in [-0.39, 0.29) is 23.8 Å². The number of hydrogen-bond acceptors (Lipinski definition) is 4. The number of likely N-dealkylation sites (tertiary alicyclic amines) is 1. The van der Waals surface area contributed by atoms with Crippen LogP contribution in [0.3, 0.4) is 0 Å². The normalized spacial score (nSPS) is 14.8. The predicted octanol–water partition coefficient (Wildman–Crippen LogP) is 5.05. The average Bonchev–Trinajstić information content (AvgIpc) is 3.31. The van der Waals surface area contributed by atoms with Gasteiger partial charge in [-0.25, -0.2) is 4.98 Å². The minimum atomic E-state index is -0.0252. The summed E-state index contributed by atoms with van der Waals surface area (Å²) in [6.45, 7) is 10.2. The molecule has 1 aromatic carbocycles. The number of thioether (sulfide) groups is 1. The van der Waals surface area contributed by atoms with Crippen molar-refractivity contribution in [3.8, 4) is 0 Å². The SMILES string of the molecule is CC(C)c1ccc(C(NC(=O)CSc2ccc(C(=O)N3CCCC3)cn2)C(C)C)cc1. The third-order valence-corrected chi connectivity index (χ3v) is 6.62. The molecule has 3 rings (SSSR count). The van der Waals surface area contributed by atoms with E-state index in [1.165, 1.54) is 17.3 Å². The highest BCUT2D eigenvalue weighted by molar-refractivity contribution is 7.99. The van der Waals surface area contributed by atoms with E-state index >= 15 is 0 Å². The molecule has 6 heteroatoms. The molecular formula is C25H33N3O2S. The van der Waals surface area contributed by atoms with Crippen LogP contribution in [0, 0.1) is 5.92 Å². The van der Waals surface area contributed by atoms with Crippen molar-refractivity contribution in [1.29, 1.82) is 0 Å². The minimum Gasteiger partial charge on any atom is -0.348 e. The molecule has 0 saturated carbocycles. The lowest BCUT2D eigenvalue weighted by atomic mass is 9.93. The lowest BCUT2D eigenvalue weighted by Gasteiger charge is -2.23. The van der Waals surface area contributed by atoms with E-state index in [0.717, 1.165) is 36.5 Å². The number of rotatable bonds is 8. The van der Waals surface area contributed by atoms with Crippen LogP contribution >= 0.6 is 11.8 Å². The van der Waals surface area contributed by atoms with E-state index < -0.39 is 0 Å². The smallest absolute Gasteiger partial charge is 0.255 e. The van der Waals surface area contributed by atoms with E-state index in [0.29, 0.717) is 17.2 Å². The van der Waals surface area contributed by atoms with Crippen LogP contribution in [0.2, 0.25) is 0 Å². The Balaban J connectivity index is 1.54. The number of aromatic nitrogens is 1. The first-order valence-corrected chi connectivity index (χ1v) is 12.1. The van der Waals surface area contributed by atoms with Crippen LogP contribution in [0.4, 0.5) is 0 Å². The van der Waals surface area contributed by atoms with Crippen molar-refractivity contribution in [2.24, 2.45) is 5.92 Å². The van der Waals surface area contributed by atoms with E-state index in [1.54, 1.807) is 12.3 Å². The van der Waals surface area contributed by atoms with Gasteiger partial charge in [0.2, 0.25) is 5.91 Å². The zero-order valence-electron chi connectivity index (χ0n) is 18.9. The molecule has 2 heterocycles. The molecule has 0 bridgehead atoms. The van der Waals surface area contributed by atoms with Gasteiger partial charge in [-0.1, -0.05) is 63.7 Å². The Labute approximate surface area is 190 Å². The van der Waals surface area contributed by atoms with Gasteiger partial charge in [-0.15, -0.1) is 0 Å². The fourth-order valence-corrected chi connectivity index (χ4v) is 4.43. The summed E-state index contributed by atoms with van der Waals surface area (Å²) in [5.41, 5.74) is 3.03. The van der Waals surface area contributed by atoms with Gasteiger partial charge in [0.25, 0.3) is 5.91 Å². The Kier molecular flexibility index (Phi) is 8.13. The van der Waals surface area contributed by atoms with Gasteiger partial charge in [0.1, 0.15) is 0 Å². The van der Waals surface area contributed by atoms with Crippen molar-refractivity contribution in [3.63, 3.8) is 0 Å². The zero-order valence-corrected chi connectivity index (χ0v) is 19.7. The highest BCUT2D eigenvalue weighted by Gasteiger charge is 2.21. The first kappa shape index (κ1) is 23.3. The Morgan fingerprint density at radius 3 is 2.19 bits per heavy atom. The molecule has 1 aromatic heterocycles.